The summed E-state index contributed by atoms with van der Waals surface area (Å²) in [5.41, 5.74) is 1.06. The standard InChI is InChI=1S/C17H17ClFN3O3/c1-10(23)21-15-8-11(3-5-14(15)19)20-9-17(24)22-12-4-6-16(25-2)13(18)7-12/h3-8,20H,9H2,1-2H3,(H,21,23)(H,22,24). The van der Waals surface area contributed by atoms with E-state index < -0.39 is 5.82 Å². The van der Waals surface area contributed by atoms with Gasteiger partial charge in [-0.15, -0.1) is 0 Å². The molecule has 8 heteroatoms. The highest BCUT2D eigenvalue weighted by Gasteiger charge is 2.08. The largest absolute Gasteiger partial charge is 0.495 e. The average molecular weight is 366 g/mol. The Morgan fingerprint density at radius 1 is 1.12 bits per heavy atom. The number of hydrogen-bond acceptors (Lipinski definition) is 4. The molecule has 0 heterocycles. The van der Waals surface area contributed by atoms with Crippen LogP contribution in [0.5, 0.6) is 5.75 Å². The van der Waals surface area contributed by atoms with Gasteiger partial charge < -0.3 is 20.7 Å². The van der Waals surface area contributed by atoms with Crippen LogP contribution in [0.1, 0.15) is 6.92 Å². The Morgan fingerprint density at radius 3 is 2.48 bits per heavy atom. The van der Waals surface area contributed by atoms with Gasteiger partial charge in [0, 0.05) is 18.3 Å². The Labute approximate surface area is 149 Å². The summed E-state index contributed by atoms with van der Waals surface area (Å²) in [7, 11) is 1.50. The molecule has 132 valence electrons. The zero-order valence-electron chi connectivity index (χ0n) is 13.7. The van der Waals surface area contributed by atoms with Crippen LogP contribution in [0.15, 0.2) is 36.4 Å². The molecule has 0 atom stereocenters. The second kappa shape index (κ2) is 8.34. The highest BCUT2D eigenvalue weighted by molar-refractivity contribution is 6.32. The maximum Gasteiger partial charge on any atom is 0.243 e. The summed E-state index contributed by atoms with van der Waals surface area (Å²) in [5, 5.41) is 8.29. The minimum Gasteiger partial charge on any atom is -0.495 e. The zero-order valence-corrected chi connectivity index (χ0v) is 14.4. The number of nitrogens with one attached hydrogen (secondary N) is 3. The predicted octanol–water partition coefficient (Wildman–Crippen LogP) is 3.50. The van der Waals surface area contributed by atoms with Gasteiger partial charge in [0.25, 0.3) is 0 Å². The van der Waals surface area contributed by atoms with Gasteiger partial charge in [0.15, 0.2) is 0 Å². The molecule has 0 aliphatic heterocycles. The highest BCUT2D eigenvalue weighted by atomic mass is 35.5. The SMILES string of the molecule is COc1ccc(NC(=O)CNc2ccc(F)c(NC(C)=O)c2)cc1Cl. The lowest BCUT2D eigenvalue weighted by molar-refractivity contribution is -0.115. The van der Waals surface area contributed by atoms with E-state index in [1.165, 1.54) is 32.2 Å². The monoisotopic (exact) mass is 365 g/mol. The van der Waals surface area contributed by atoms with E-state index in [2.05, 4.69) is 16.0 Å². The van der Waals surface area contributed by atoms with Crippen molar-refractivity contribution in [3.8, 4) is 5.75 Å². The van der Waals surface area contributed by atoms with Crippen molar-refractivity contribution >= 4 is 40.5 Å². The Kier molecular flexibility index (Phi) is 6.19. The quantitative estimate of drug-likeness (QED) is 0.732. The number of methoxy groups -OCH3 is 1. The van der Waals surface area contributed by atoms with E-state index in [9.17, 15) is 14.0 Å². The molecule has 3 N–H and O–H groups in total. The Hall–Kier alpha value is -2.80. The number of ether oxygens (including phenoxy) is 1. The summed E-state index contributed by atoms with van der Waals surface area (Å²) in [6.45, 7) is 1.24. The summed E-state index contributed by atoms with van der Waals surface area (Å²) < 4.78 is 18.6. The van der Waals surface area contributed by atoms with E-state index in [1.54, 1.807) is 18.2 Å². The average Bonchev–Trinajstić information content (AvgIpc) is 2.55. The fourth-order valence-electron chi connectivity index (χ4n) is 2.05. The Morgan fingerprint density at radius 2 is 1.84 bits per heavy atom. The third-order valence-electron chi connectivity index (χ3n) is 3.17. The van der Waals surface area contributed by atoms with Crippen molar-refractivity contribution in [2.24, 2.45) is 0 Å². The Bertz CT molecular complexity index is 799. The summed E-state index contributed by atoms with van der Waals surface area (Å²) in [5.74, 6) is -0.746. The number of benzene rings is 2. The first-order valence-corrected chi connectivity index (χ1v) is 7.71. The van der Waals surface area contributed by atoms with E-state index in [0.29, 0.717) is 22.1 Å². The number of hydrogen-bond donors (Lipinski definition) is 3. The fourth-order valence-corrected chi connectivity index (χ4v) is 2.31. The topological polar surface area (TPSA) is 79.5 Å². The summed E-state index contributed by atoms with van der Waals surface area (Å²) >= 11 is 6.00. The van der Waals surface area contributed by atoms with Crippen molar-refractivity contribution in [2.45, 2.75) is 6.92 Å². The first-order chi connectivity index (χ1) is 11.9. The maximum atomic E-state index is 13.6. The van der Waals surface area contributed by atoms with Gasteiger partial charge >= 0.3 is 0 Å². The van der Waals surface area contributed by atoms with Crippen LogP contribution in [0.2, 0.25) is 5.02 Å². The molecule has 0 saturated carbocycles. The normalized spacial score (nSPS) is 10.1. The first-order valence-electron chi connectivity index (χ1n) is 7.33. The molecule has 2 amide bonds. The number of carbonyl (C=O) groups excluding carboxylic acids is 2. The summed E-state index contributed by atoms with van der Waals surface area (Å²) in [4.78, 5) is 23.0. The number of halogens is 2. The molecule has 0 aliphatic carbocycles. The Balaban J connectivity index is 1.95. The number of anilines is 3. The zero-order chi connectivity index (χ0) is 18.4. The minimum absolute atomic E-state index is 0.0415. The molecule has 2 aromatic rings. The van der Waals surface area contributed by atoms with Gasteiger partial charge in [-0.2, -0.15) is 0 Å². The van der Waals surface area contributed by atoms with E-state index in [1.807, 2.05) is 0 Å². The van der Waals surface area contributed by atoms with Gasteiger partial charge in [-0.05, 0) is 36.4 Å². The molecule has 25 heavy (non-hydrogen) atoms. The number of amides is 2. The van der Waals surface area contributed by atoms with Gasteiger partial charge in [-0.1, -0.05) is 11.6 Å². The van der Waals surface area contributed by atoms with Crippen LogP contribution < -0.4 is 20.7 Å². The third kappa shape index (κ3) is 5.36. The van der Waals surface area contributed by atoms with Crippen LogP contribution >= 0.6 is 11.6 Å². The highest BCUT2D eigenvalue weighted by Crippen LogP contribution is 2.27. The fraction of sp³-hybridized carbons (Fsp3) is 0.176. The van der Waals surface area contributed by atoms with Crippen molar-refractivity contribution < 1.29 is 18.7 Å². The summed E-state index contributed by atoms with van der Waals surface area (Å²) in [6, 6.07) is 8.96. The maximum absolute atomic E-state index is 13.6. The van der Waals surface area contributed by atoms with Crippen LogP contribution in [0.25, 0.3) is 0 Å². The van der Waals surface area contributed by atoms with Crippen molar-refractivity contribution in [1.29, 1.82) is 0 Å². The molecule has 2 aromatic carbocycles. The van der Waals surface area contributed by atoms with Crippen LogP contribution in [-0.2, 0) is 9.59 Å². The number of rotatable bonds is 6. The van der Waals surface area contributed by atoms with Gasteiger partial charge in [0.1, 0.15) is 11.6 Å². The van der Waals surface area contributed by atoms with Gasteiger partial charge in [-0.25, -0.2) is 4.39 Å². The van der Waals surface area contributed by atoms with E-state index >= 15 is 0 Å². The second-order valence-corrected chi connectivity index (χ2v) is 5.53. The molecule has 0 aliphatic rings. The molecular weight excluding hydrogens is 349 g/mol. The smallest absolute Gasteiger partial charge is 0.243 e. The lowest BCUT2D eigenvalue weighted by Crippen LogP contribution is -2.21. The van der Waals surface area contributed by atoms with E-state index in [0.717, 1.165) is 0 Å². The minimum atomic E-state index is -0.557. The van der Waals surface area contributed by atoms with Gasteiger partial charge in [-0.3, -0.25) is 9.59 Å². The van der Waals surface area contributed by atoms with E-state index in [4.69, 9.17) is 16.3 Å². The molecule has 0 fully saturated rings. The molecule has 0 bridgehead atoms. The van der Waals surface area contributed by atoms with E-state index in [-0.39, 0.29) is 24.0 Å². The summed E-state index contributed by atoms with van der Waals surface area (Å²) in [6.07, 6.45) is 0. The van der Waals surface area contributed by atoms with Crippen molar-refractivity contribution in [2.75, 3.05) is 29.6 Å². The molecule has 0 spiro atoms. The van der Waals surface area contributed by atoms with Gasteiger partial charge in [0.05, 0.1) is 24.4 Å². The second-order valence-electron chi connectivity index (χ2n) is 5.13. The van der Waals surface area contributed by atoms with Gasteiger partial charge in [0.2, 0.25) is 11.8 Å². The lowest BCUT2D eigenvalue weighted by Gasteiger charge is -2.11. The van der Waals surface area contributed by atoms with Crippen LogP contribution in [0.3, 0.4) is 0 Å². The molecule has 0 unspecified atom stereocenters. The third-order valence-corrected chi connectivity index (χ3v) is 3.46. The molecule has 0 radical (unpaired) electrons. The molecule has 0 saturated heterocycles. The molecule has 0 aromatic heterocycles. The first kappa shape index (κ1) is 18.5. The van der Waals surface area contributed by atoms with Crippen molar-refractivity contribution in [3.05, 3.63) is 47.2 Å². The predicted molar refractivity (Wildman–Crippen MR) is 95.8 cm³/mol. The number of carbonyl (C=O) groups is 2. The van der Waals surface area contributed by atoms with Crippen LogP contribution in [0, 0.1) is 5.82 Å². The molecule has 6 nitrogen and oxygen atoms in total. The van der Waals surface area contributed by atoms with Crippen molar-refractivity contribution in [1.82, 2.24) is 0 Å². The molecule has 2 rings (SSSR count). The molecular formula is C17H17ClFN3O3. The van der Waals surface area contributed by atoms with Crippen LogP contribution in [-0.4, -0.2) is 25.5 Å². The lowest BCUT2D eigenvalue weighted by atomic mass is 10.2. The van der Waals surface area contributed by atoms with Crippen molar-refractivity contribution in [3.63, 3.8) is 0 Å². The van der Waals surface area contributed by atoms with Crippen LogP contribution in [0.4, 0.5) is 21.5 Å².